The summed E-state index contributed by atoms with van der Waals surface area (Å²) in [5.41, 5.74) is -0.184. The number of halogens is 2. The molecule has 0 atom stereocenters. The second-order valence-corrected chi connectivity index (χ2v) is 5.11. The quantitative estimate of drug-likeness (QED) is 0.883. The van der Waals surface area contributed by atoms with Crippen LogP contribution in [-0.4, -0.2) is 30.5 Å². The fraction of sp³-hybridized carbons (Fsp3) is 0.538. The van der Waals surface area contributed by atoms with Crippen LogP contribution in [0.25, 0.3) is 0 Å². The van der Waals surface area contributed by atoms with E-state index < -0.39 is 5.60 Å². The lowest BCUT2D eigenvalue weighted by molar-refractivity contribution is -0.0617. The Morgan fingerprint density at radius 3 is 2.78 bits per heavy atom. The number of nitrogens with one attached hydrogen (secondary N) is 1. The molecule has 2 rings (SSSR count). The van der Waals surface area contributed by atoms with E-state index in [9.17, 15) is 9.50 Å². The standard InChI is InChI=1S/C13H17ClFNO2/c14-11-2-1-10(12(15)7-11)8-16-9-13(17)3-5-18-6-4-13/h1-2,7,16-17H,3-6,8-9H2. The van der Waals surface area contributed by atoms with Crippen LogP contribution in [0.4, 0.5) is 4.39 Å². The molecule has 0 aliphatic carbocycles. The van der Waals surface area contributed by atoms with Gasteiger partial charge in [0.05, 0.1) is 5.60 Å². The van der Waals surface area contributed by atoms with Gasteiger partial charge in [-0.05, 0) is 12.1 Å². The lowest BCUT2D eigenvalue weighted by atomic mass is 9.94. The molecule has 1 aliphatic heterocycles. The molecule has 0 aromatic heterocycles. The van der Waals surface area contributed by atoms with Crippen molar-refractivity contribution < 1.29 is 14.2 Å². The van der Waals surface area contributed by atoms with Crippen molar-refractivity contribution in [3.05, 3.63) is 34.6 Å². The minimum absolute atomic E-state index is 0.325. The Morgan fingerprint density at radius 2 is 2.11 bits per heavy atom. The topological polar surface area (TPSA) is 41.5 Å². The molecule has 1 saturated heterocycles. The third-order valence-electron chi connectivity index (χ3n) is 3.21. The summed E-state index contributed by atoms with van der Waals surface area (Å²) < 4.78 is 18.7. The number of hydrogen-bond donors (Lipinski definition) is 2. The zero-order valence-corrected chi connectivity index (χ0v) is 10.8. The molecule has 0 amide bonds. The van der Waals surface area contributed by atoms with Crippen LogP contribution in [0.15, 0.2) is 18.2 Å². The highest BCUT2D eigenvalue weighted by molar-refractivity contribution is 6.30. The van der Waals surface area contributed by atoms with Crippen LogP contribution in [0.5, 0.6) is 0 Å². The van der Waals surface area contributed by atoms with Crippen molar-refractivity contribution >= 4 is 11.6 Å². The number of ether oxygens (including phenoxy) is 1. The fourth-order valence-corrected chi connectivity index (χ4v) is 2.18. The van der Waals surface area contributed by atoms with E-state index in [1.54, 1.807) is 12.1 Å². The summed E-state index contributed by atoms with van der Waals surface area (Å²) >= 11 is 5.68. The first-order valence-corrected chi connectivity index (χ1v) is 6.42. The molecule has 1 fully saturated rings. The van der Waals surface area contributed by atoms with Crippen molar-refractivity contribution in [1.29, 1.82) is 0 Å². The first-order chi connectivity index (χ1) is 8.59. The van der Waals surface area contributed by atoms with Crippen molar-refractivity contribution in [3.63, 3.8) is 0 Å². The van der Waals surface area contributed by atoms with E-state index in [-0.39, 0.29) is 5.82 Å². The zero-order chi connectivity index (χ0) is 13.0. The Bertz CT molecular complexity index is 408. The van der Waals surface area contributed by atoms with Gasteiger partial charge in [-0.1, -0.05) is 17.7 Å². The van der Waals surface area contributed by atoms with Crippen molar-refractivity contribution in [3.8, 4) is 0 Å². The van der Waals surface area contributed by atoms with Gasteiger partial charge in [0.2, 0.25) is 0 Å². The smallest absolute Gasteiger partial charge is 0.129 e. The summed E-state index contributed by atoms with van der Waals surface area (Å²) in [5, 5.41) is 13.7. The van der Waals surface area contributed by atoms with Crippen molar-refractivity contribution in [2.75, 3.05) is 19.8 Å². The number of benzene rings is 1. The van der Waals surface area contributed by atoms with Crippen LogP contribution in [0.3, 0.4) is 0 Å². The van der Waals surface area contributed by atoms with E-state index in [1.807, 2.05) is 0 Å². The summed E-state index contributed by atoms with van der Waals surface area (Å²) in [6.07, 6.45) is 1.23. The van der Waals surface area contributed by atoms with Crippen molar-refractivity contribution in [2.24, 2.45) is 0 Å². The Balaban J connectivity index is 1.84. The molecule has 0 saturated carbocycles. The van der Waals surface area contributed by atoms with Gasteiger partial charge in [-0.2, -0.15) is 0 Å². The molecule has 1 aliphatic rings. The molecule has 100 valence electrons. The van der Waals surface area contributed by atoms with E-state index in [1.165, 1.54) is 6.07 Å². The molecular weight excluding hydrogens is 257 g/mol. The zero-order valence-electron chi connectivity index (χ0n) is 10.1. The lowest BCUT2D eigenvalue weighted by Gasteiger charge is -2.32. The summed E-state index contributed by atoms with van der Waals surface area (Å²) in [6.45, 7) is 1.98. The molecule has 1 aromatic rings. The molecule has 0 bridgehead atoms. The fourth-order valence-electron chi connectivity index (χ4n) is 2.02. The Morgan fingerprint density at radius 1 is 1.39 bits per heavy atom. The molecule has 5 heteroatoms. The van der Waals surface area contributed by atoms with Gasteiger partial charge in [-0.3, -0.25) is 0 Å². The number of rotatable bonds is 4. The van der Waals surface area contributed by atoms with Gasteiger partial charge in [0.1, 0.15) is 5.82 Å². The van der Waals surface area contributed by atoms with Gasteiger partial charge in [0, 0.05) is 49.7 Å². The van der Waals surface area contributed by atoms with Crippen LogP contribution < -0.4 is 5.32 Å². The molecule has 0 radical (unpaired) electrons. The van der Waals surface area contributed by atoms with Gasteiger partial charge in [-0.25, -0.2) is 4.39 Å². The minimum atomic E-state index is -0.735. The first kappa shape index (κ1) is 13.7. The molecule has 1 aromatic carbocycles. The molecule has 2 N–H and O–H groups in total. The third kappa shape index (κ3) is 3.65. The largest absolute Gasteiger partial charge is 0.388 e. The van der Waals surface area contributed by atoms with Gasteiger partial charge in [-0.15, -0.1) is 0 Å². The highest BCUT2D eigenvalue weighted by Crippen LogP contribution is 2.20. The van der Waals surface area contributed by atoms with Gasteiger partial charge >= 0.3 is 0 Å². The molecule has 1 heterocycles. The highest BCUT2D eigenvalue weighted by Gasteiger charge is 2.29. The average Bonchev–Trinajstić information content (AvgIpc) is 2.33. The minimum Gasteiger partial charge on any atom is -0.388 e. The number of hydrogen-bond acceptors (Lipinski definition) is 3. The van der Waals surface area contributed by atoms with E-state index >= 15 is 0 Å². The summed E-state index contributed by atoms with van der Waals surface area (Å²) in [7, 11) is 0. The molecule has 0 unspecified atom stereocenters. The second-order valence-electron chi connectivity index (χ2n) is 4.68. The van der Waals surface area contributed by atoms with Crippen molar-refractivity contribution in [1.82, 2.24) is 5.32 Å². The maximum absolute atomic E-state index is 13.5. The van der Waals surface area contributed by atoms with Crippen LogP contribution in [0, 0.1) is 5.82 Å². The number of aliphatic hydroxyl groups is 1. The van der Waals surface area contributed by atoms with E-state index in [0.29, 0.717) is 49.7 Å². The van der Waals surface area contributed by atoms with Gasteiger partial charge in [0.15, 0.2) is 0 Å². The van der Waals surface area contributed by atoms with Crippen molar-refractivity contribution in [2.45, 2.75) is 25.0 Å². The molecular formula is C13H17ClFNO2. The lowest BCUT2D eigenvalue weighted by Crippen LogP contribution is -2.44. The normalized spacial score (nSPS) is 18.8. The maximum atomic E-state index is 13.5. The third-order valence-corrected chi connectivity index (χ3v) is 3.44. The first-order valence-electron chi connectivity index (χ1n) is 6.04. The summed E-state index contributed by atoms with van der Waals surface area (Å²) in [5.74, 6) is -0.325. The van der Waals surface area contributed by atoms with Crippen LogP contribution >= 0.6 is 11.6 Å². The second kappa shape index (κ2) is 5.97. The van der Waals surface area contributed by atoms with E-state index in [0.717, 1.165) is 0 Å². The van der Waals surface area contributed by atoms with Gasteiger partial charge in [0.25, 0.3) is 0 Å². The summed E-state index contributed by atoms with van der Waals surface area (Å²) in [4.78, 5) is 0. The maximum Gasteiger partial charge on any atom is 0.129 e. The molecule has 3 nitrogen and oxygen atoms in total. The van der Waals surface area contributed by atoms with Gasteiger partial charge < -0.3 is 15.2 Å². The Kier molecular flexibility index (Phi) is 4.56. The summed E-state index contributed by atoms with van der Waals surface area (Å²) in [6, 6.07) is 4.60. The molecule has 0 spiro atoms. The van der Waals surface area contributed by atoms with Crippen LogP contribution in [0.1, 0.15) is 18.4 Å². The predicted molar refractivity (Wildman–Crippen MR) is 68.1 cm³/mol. The molecule has 18 heavy (non-hydrogen) atoms. The average molecular weight is 274 g/mol. The van der Waals surface area contributed by atoms with E-state index in [4.69, 9.17) is 16.3 Å². The predicted octanol–water partition coefficient (Wildman–Crippen LogP) is 2.11. The highest BCUT2D eigenvalue weighted by atomic mass is 35.5. The Hall–Kier alpha value is -0.680. The monoisotopic (exact) mass is 273 g/mol. The Labute approximate surface area is 111 Å². The SMILES string of the molecule is OC1(CNCc2ccc(Cl)cc2F)CCOCC1. The van der Waals surface area contributed by atoms with Crippen LogP contribution in [-0.2, 0) is 11.3 Å². The van der Waals surface area contributed by atoms with Crippen LogP contribution in [0.2, 0.25) is 5.02 Å². The van der Waals surface area contributed by atoms with E-state index in [2.05, 4.69) is 5.32 Å².